The van der Waals surface area contributed by atoms with Gasteiger partial charge in [0.1, 0.15) is 6.04 Å². The van der Waals surface area contributed by atoms with E-state index in [9.17, 15) is 22.8 Å². The molecule has 2 amide bonds. The fraction of sp³-hybridized carbons (Fsp3) is 0.267. The number of amides is 2. The lowest BCUT2D eigenvalue weighted by molar-refractivity contribution is -0.141. The molecule has 1 aliphatic rings. The second kappa shape index (κ2) is 5.66. The lowest BCUT2D eigenvalue weighted by atomic mass is 10.1. The average Bonchev–Trinajstić information content (AvgIpc) is 3.11. The molecule has 1 aromatic carbocycles. The summed E-state index contributed by atoms with van der Waals surface area (Å²) in [5.74, 6) is -0.644. The third-order valence-electron chi connectivity index (χ3n) is 3.68. The minimum atomic E-state index is -4.56. The number of anilines is 2. The number of hydrogen-bond donors (Lipinski definition) is 2. The van der Waals surface area contributed by atoms with Gasteiger partial charge in [-0.25, -0.2) is 0 Å². The van der Waals surface area contributed by atoms with Crippen LogP contribution in [0.4, 0.5) is 24.5 Å². The highest BCUT2D eigenvalue weighted by Crippen LogP contribution is 2.29. The van der Waals surface area contributed by atoms with Gasteiger partial charge >= 0.3 is 6.18 Å². The van der Waals surface area contributed by atoms with Crippen molar-refractivity contribution in [2.24, 2.45) is 0 Å². The number of carbonyl (C=O) groups excluding carboxylic acids is 2. The normalized spacial score (nSPS) is 14.9. The zero-order chi connectivity index (χ0) is 17.5. The Morgan fingerprint density at radius 3 is 2.79 bits per heavy atom. The van der Waals surface area contributed by atoms with Gasteiger partial charge in [0.15, 0.2) is 5.69 Å². The van der Waals surface area contributed by atoms with Crippen LogP contribution in [0, 0.1) is 0 Å². The molecule has 9 heteroatoms. The molecule has 3 rings (SSSR count). The monoisotopic (exact) mass is 338 g/mol. The number of rotatable bonds is 3. The number of fused-ring (bicyclic) bond motifs is 1. The molecule has 0 saturated heterocycles. The Bertz CT molecular complexity index is 813. The first-order chi connectivity index (χ1) is 11.2. The van der Waals surface area contributed by atoms with Gasteiger partial charge in [-0.15, -0.1) is 0 Å². The summed E-state index contributed by atoms with van der Waals surface area (Å²) in [6.07, 6.45) is -3.16. The maximum atomic E-state index is 12.6. The fourth-order valence-electron chi connectivity index (χ4n) is 2.36. The number of hydrogen-bond acceptors (Lipinski definition) is 3. The van der Waals surface area contributed by atoms with E-state index in [1.165, 1.54) is 6.92 Å². The van der Waals surface area contributed by atoms with Crippen LogP contribution < -0.4 is 10.6 Å². The van der Waals surface area contributed by atoms with Crippen molar-refractivity contribution in [3.05, 3.63) is 41.7 Å². The first kappa shape index (κ1) is 16.0. The van der Waals surface area contributed by atoms with Crippen molar-refractivity contribution in [3.63, 3.8) is 0 Å². The van der Waals surface area contributed by atoms with Crippen LogP contribution in [0.2, 0.25) is 0 Å². The first-order valence-corrected chi connectivity index (χ1v) is 7.10. The first-order valence-electron chi connectivity index (χ1n) is 7.10. The minimum Gasteiger partial charge on any atom is -0.325 e. The van der Waals surface area contributed by atoms with E-state index in [4.69, 9.17) is 0 Å². The highest BCUT2D eigenvalue weighted by Gasteiger charge is 2.34. The summed E-state index contributed by atoms with van der Waals surface area (Å²) < 4.78 is 38.6. The predicted molar refractivity (Wildman–Crippen MR) is 79.3 cm³/mol. The van der Waals surface area contributed by atoms with Crippen LogP contribution in [0.3, 0.4) is 0 Å². The van der Waals surface area contributed by atoms with Crippen LogP contribution >= 0.6 is 0 Å². The van der Waals surface area contributed by atoms with Gasteiger partial charge in [-0.1, -0.05) is 6.07 Å². The molecular formula is C15H13F3N4O2. The molecule has 126 valence electrons. The molecule has 2 heterocycles. The molecule has 1 aromatic heterocycles. The maximum Gasteiger partial charge on any atom is 0.435 e. The van der Waals surface area contributed by atoms with E-state index in [-0.39, 0.29) is 12.3 Å². The second-order valence-corrected chi connectivity index (χ2v) is 5.44. The van der Waals surface area contributed by atoms with E-state index in [2.05, 4.69) is 15.7 Å². The van der Waals surface area contributed by atoms with Gasteiger partial charge in [0.25, 0.3) is 0 Å². The van der Waals surface area contributed by atoms with E-state index in [1.807, 2.05) is 0 Å². The number of halogens is 3. The van der Waals surface area contributed by atoms with Crippen LogP contribution in [-0.4, -0.2) is 21.6 Å². The minimum absolute atomic E-state index is 0.127. The van der Waals surface area contributed by atoms with Gasteiger partial charge in [-0.05, 0) is 30.7 Å². The third-order valence-corrected chi connectivity index (χ3v) is 3.68. The Kier molecular flexibility index (Phi) is 3.78. The van der Waals surface area contributed by atoms with Crippen molar-refractivity contribution in [2.75, 3.05) is 10.6 Å². The lowest BCUT2D eigenvalue weighted by Crippen LogP contribution is -2.24. The highest BCUT2D eigenvalue weighted by atomic mass is 19.4. The fourth-order valence-corrected chi connectivity index (χ4v) is 2.36. The molecule has 6 nitrogen and oxygen atoms in total. The summed E-state index contributed by atoms with van der Waals surface area (Å²) in [6, 6.07) is 4.84. The summed E-state index contributed by atoms with van der Waals surface area (Å²) in [5.41, 5.74) is 0.829. The van der Waals surface area contributed by atoms with Crippen molar-refractivity contribution >= 4 is 23.2 Å². The van der Waals surface area contributed by atoms with Crippen LogP contribution in [0.15, 0.2) is 30.5 Å². The zero-order valence-corrected chi connectivity index (χ0v) is 12.5. The largest absolute Gasteiger partial charge is 0.435 e. The number of alkyl halides is 3. The highest BCUT2D eigenvalue weighted by molar-refractivity contribution is 6.01. The quantitative estimate of drug-likeness (QED) is 0.903. The smallest absolute Gasteiger partial charge is 0.325 e. The Morgan fingerprint density at radius 1 is 1.38 bits per heavy atom. The van der Waals surface area contributed by atoms with Gasteiger partial charge < -0.3 is 10.6 Å². The summed E-state index contributed by atoms with van der Waals surface area (Å²) >= 11 is 0. The number of nitrogens with zero attached hydrogens (tertiary/aromatic N) is 2. The van der Waals surface area contributed by atoms with E-state index in [0.717, 1.165) is 22.5 Å². The summed E-state index contributed by atoms with van der Waals surface area (Å²) in [5, 5.41) is 8.65. The van der Waals surface area contributed by atoms with Crippen molar-refractivity contribution in [1.82, 2.24) is 9.78 Å². The number of carbonyl (C=O) groups is 2. The third kappa shape index (κ3) is 3.10. The molecule has 1 atom stereocenters. The molecule has 1 unspecified atom stereocenters. The molecule has 0 radical (unpaired) electrons. The molecular weight excluding hydrogens is 325 g/mol. The summed E-state index contributed by atoms with van der Waals surface area (Å²) in [6.45, 7) is 1.44. The Hall–Kier alpha value is -2.84. The van der Waals surface area contributed by atoms with E-state index in [0.29, 0.717) is 11.4 Å². The maximum absolute atomic E-state index is 12.6. The van der Waals surface area contributed by atoms with Crippen LogP contribution in [-0.2, 0) is 22.2 Å². The van der Waals surface area contributed by atoms with Crippen molar-refractivity contribution in [3.8, 4) is 0 Å². The number of aromatic nitrogens is 2. The van der Waals surface area contributed by atoms with E-state index in [1.54, 1.807) is 18.2 Å². The zero-order valence-electron chi connectivity index (χ0n) is 12.5. The molecule has 1 aliphatic heterocycles. The summed E-state index contributed by atoms with van der Waals surface area (Å²) in [7, 11) is 0. The molecule has 0 aliphatic carbocycles. The van der Waals surface area contributed by atoms with Crippen molar-refractivity contribution < 1.29 is 22.8 Å². The van der Waals surface area contributed by atoms with Gasteiger partial charge in [-0.3, -0.25) is 14.3 Å². The van der Waals surface area contributed by atoms with E-state index >= 15 is 0 Å². The Labute approximate surface area is 134 Å². The van der Waals surface area contributed by atoms with E-state index < -0.39 is 23.8 Å². The van der Waals surface area contributed by atoms with Crippen LogP contribution in [0.25, 0.3) is 0 Å². The topological polar surface area (TPSA) is 76.0 Å². The van der Waals surface area contributed by atoms with Crippen molar-refractivity contribution in [2.45, 2.75) is 25.6 Å². The van der Waals surface area contributed by atoms with Crippen molar-refractivity contribution in [1.29, 1.82) is 0 Å². The van der Waals surface area contributed by atoms with Gasteiger partial charge in [0.2, 0.25) is 11.8 Å². The molecule has 0 fully saturated rings. The van der Waals surface area contributed by atoms with Crippen LogP contribution in [0.1, 0.15) is 24.2 Å². The number of nitrogens with one attached hydrogen (secondary N) is 2. The van der Waals surface area contributed by atoms with Crippen LogP contribution in [0.5, 0.6) is 0 Å². The van der Waals surface area contributed by atoms with Gasteiger partial charge in [0, 0.05) is 17.6 Å². The molecule has 0 spiro atoms. The molecule has 0 saturated carbocycles. The standard InChI is InChI=1S/C15H13F3N4O2/c1-8(22-5-4-12(21-22)15(16,17)18)14(24)19-10-3-2-9-6-13(23)20-11(9)7-10/h2-5,7-8H,6H2,1H3,(H,19,24)(H,20,23). The Morgan fingerprint density at radius 2 is 2.12 bits per heavy atom. The Balaban J connectivity index is 1.72. The molecule has 24 heavy (non-hydrogen) atoms. The SMILES string of the molecule is CC(C(=O)Nc1ccc2c(c1)NC(=O)C2)n1ccc(C(F)(F)F)n1. The molecule has 2 N–H and O–H groups in total. The number of benzene rings is 1. The second-order valence-electron chi connectivity index (χ2n) is 5.44. The van der Waals surface area contributed by atoms with Gasteiger partial charge in [-0.2, -0.15) is 18.3 Å². The van der Waals surface area contributed by atoms with Gasteiger partial charge in [0.05, 0.1) is 6.42 Å². The molecule has 0 bridgehead atoms. The summed E-state index contributed by atoms with van der Waals surface area (Å²) in [4.78, 5) is 23.5. The average molecular weight is 338 g/mol. The predicted octanol–water partition coefficient (Wildman–Crippen LogP) is 2.60. The lowest BCUT2D eigenvalue weighted by Gasteiger charge is -2.13. The molecule has 2 aromatic rings.